The van der Waals surface area contributed by atoms with Gasteiger partial charge in [-0.2, -0.15) is 0 Å². The molecule has 1 fully saturated rings. The number of piperidine rings is 1. The molecule has 0 saturated carbocycles. The molecule has 1 aliphatic heterocycles. The quantitative estimate of drug-likeness (QED) is 0.292. The lowest BCUT2D eigenvalue weighted by Crippen LogP contribution is -2.50. The first-order chi connectivity index (χ1) is 13.4. The summed E-state index contributed by atoms with van der Waals surface area (Å²) in [6.45, 7) is 5.84. The SMILES string of the molecule is CCCS(=O)(=O)N1CCC(NC(=NCc2cccc([N+](=O)[O-])c2)NCC)CC1. The predicted octanol–water partition coefficient (Wildman–Crippen LogP) is 1.85. The van der Waals surface area contributed by atoms with E-state index in [0.29, 0.717) is 51.4 Å². The van der Waals surface area contributed by atoms with Crippen LogP contribution in [0.15, 0.2) is 29.3 Å². The largest absolute Gasteiger partial charge is 0.357 e. The maximum absolute atomic E-state index is 12.2. The summed E-state index contributed by atoms with van der Waals surface area (Å²) in [7, 11) is -3.15. The first-order valence-electron chi connectivity index (χ1n) is 9.61. The molecule has 0 atom stereocenters. The van der Waals surface area contributed by atoms with Crippen LogP contribution in [0.4, 0.5) is 5.69 Å². The minimum Gasteiger partial charge on any atom is -0.357 e. The normalized spacial score (nSPS) is 16.7. The van der Waals surface area contributed by atoms with Crippen LogP contribution in [0, 0.1) is 10.1 Å². The van der Waals surface area contributed by atoms with Gasteiger partial charge in [0.2, 0.25) is 10.0 Å². The van der Waals surface area contributed by atoms with Gasteiger partial charge in [0.05, 0.1) is 17.2 Å². The monoisotopic (exact) mass is 411 g/mol. The standard InChI is InChI=1S/C18H29N5O4S/c1-3-12-28(26,27)22-10-8-16(9-11-22)21-18(19-4-2)20-14-15-6-5-7-17(13-15)23(24)25/h5-7,13,16H,3-4,8-12,14H2,1-2H3,(H2,19,20,21). The molecular weight excluding hydrogens is 382 g/mol. The predicted molar refractivity (Wildman–Crippen MR) is 110 cm³/mol. The second-order valence-electron chi connectivity index (χ2n) is 6.76. The third-order valence-corrected chi connectivity index (χ3v) is 6.61. The van der Waals surface area contributed by atoms with E-state index in [1.54, 1.807) is 16.4 Å². The summed E-state index contributed by atoms with van der Waals surface area (Å²) in [5.74, 6) is 0.821. The minimum atomic E-state index is -3.15. The molecule has 156 valence electrons. The minimum absolute atomic E-state index is 0.0475. The summed E-state index contributed by atoms with van der Waals surface area (Å²) in [4.78, 5) is 15.0. The summed E-state index contributed by atoms with van der Waals surface area (Å²) in [6.07, 6.45) is 2.05. The van der Waals surface area contributed by atoms with Gasteiger partial charge in [0.1, 0.15) is 0 Å². The van der Waals surface area contributed by atoms with Crippen LogP contribution in [0.1, 0.15) is 38.7 Å². The summed E-state index contributed by atoms with van der Waals surface area (Å²) in [6, 6.07) is 6.56. The highest BCUT2D eigenvalue weighted by atomic mass is 32.2. The molecule has 0 bridgehead atoms. The Hall–Kier alpha value is -2.20. The maximum atomic E-state index is 12.2. The summed E-state index contributed by atoms with van der Waals surface area (Å²) in [5, 5.41) is 17.4. The number of nitrogens with one attached hydrogen (secondary N) is 2. The summed E-state index contributed by atoms with van der Waals surface area (Å²) < 4.78 is 25.9. The van der Waals surface area contributed by atoms with Crippen molar-refractivity contribution in [2.45, 2.75) is 45.7 Å². The fourth-order valence-corrected chi connectivity index (χ4v) is 4.66. The highest BCUT2D eigenvalue weighted by molar-refractivity contribution is 7.89. The lowest BCUT2D eigenvalue weighted by Gasteiger charge is -2.32. The van der Waals surface area contributed by atoms with Gasteiger partial charge >= 0.3 is 0 Å². The first kappa shape index (κ1) is 22.1. The molecule has 2 N–H and O–H groups in total. The lowest BCUT2D eigenvalue weighted by atomic mass is 10.1. The van der Waals surface area contributed by atoms with Crippen molar-refractivity contribution in [3.8, 4) is 0 Å². The third kappa shape index (κ3) is 6.45. The van der Waals surface area contributed by atoms with Crippen LogP contribution in [0.2, 0.25) is 0 Å². The molecule has 1 saturated heterocycles. The van der Waals surface area contributed by atoms with Crippen molar-refractivity contribution in [3.63, 3.8) is 0 Å². The van der Waals surface area contributed by atoms with Crippen LogP contribution in [0.25, 0.3) is 0 Å². The second-order valence-corrected chi connectivity index (χ2v) is 8.84. The number of sulfonamides is 1. The van der Waals surface area contributed by atoms with E-state index >= 15 is 0 Å². The Morgan fingerprint density at radius 3 is 2.64 bits per heavy atom. The molecule has 1 aromatic rings. The number of guanidine groups is 1. The van der Waals surface area contributed by atoms with Gasteiger partial charge in [0, 0.05) is 37.8 Å². The van der Waals surface area contributed by atoms with Crippen molar-refractivity contribution in [1.29, 1.82) is 0 Å². The average molecular weight is 412 g/mol. The molecule has 10 heteroatoms. The van der Waals surface area contributed by atoms with Crippen LogP contribution >= 0.6 is 0 Å². The molecule has 9 nitrogen and oxygen atoms in total. The number of nitro benzene ring substituents is 1. The van der Waals surface area contributed by atoms with Gasteiger partial charge in [-0.15, -0.1) is 0 Å². The van der Waals surface area contributed by atoms with Crippen LogP contribution in [-0.2, 0) is 16.6 Å². The number of benzene rings is 1. The molecule has 0 spiro atoms. The smallest absolute Gasteiger partial charge is 0.269 e. The van der Waals surface area contributed by atoms with E-state index in [-0.39, 0.29) is 17.5 Å². The molecule has 1 aromatic carbocycles. The van der Waals surface area contributed by atoms with Gasteiger partial charge in [-0.05, 0) is 31.7 Å². The molecular formula is C18H29N5O4S. The van der Waals surface area contributed by atoms with E-state index in [9.17, 15) is 18.5 Å². The van der Waals surface area contributed by atoms with Gasteiger partial charge in [-0.1, -0.05) is 19.1 Å². The number of nitro groups is 1. The second kappa shape index (κ2) is 10.4. The Balaban J connectivity index is 1.95. The topological polar surface area (TPSA) is 117 Å². The number of hydrogen-bond acceptors (Lipinski definition) is 5. The van der Waals surface area contributed by atoms with Gasteiger partial charge in [0.15, 0.2) is 5.96 Å². The zero-order chi connectivity index (χ0) is 20.6. The molecule has 1 heterocycles. The lowest BCUT2D eigenvalue weighted by molar-refractivity contribution is -0.384. The Morgan fingerprint density at radius 2 is 2.04 bits per heavy atom. The van der Waals surface area contributed by atoms with Crippen molar-refractivity contribution in [2.24, 2.45) is 4.99 Å². The zero-order valence-corrected chi connectivity index (χ0v) is 17.2. The van der Waals surface area contributed by atoms with Crippen molar-refractivity contribution < 1.29 is 13.3 Å². The Bertz CT molecular complexity index is 789. The highest BCUT2D eigenvalue weighted by Crippen LogP contribution is 2.16. The summed E-state index contributed by atoms with van der Waals surface area (Å²) >= 11 is 0. The van der Waals surface area contributed by atoms with Crippen LogP contribution in [0.5, 0.6) is 0 Å². The molecule has 0 radical (unpaired) electrons. The maximum Gasteiger partial charge on any atom is 0.269 e. The fourth-order valence-electron chi connectivity index (χ4n) is 3.12. The Morgan fingerprint density at radius 1 is 1.32 bits per heavy atom. The zero-order valence-electron chi connectivity index (χ0n) is 16.4. The van der Waals surface area contributed by atoms with E-state index in [1.807, 2.05) is 13.8 Å². The van der Waals surface area contributed by atoms with Crippen LogP contribution in [-0.4, -0.2) is 55.0 Å². The van der Waals surface area contributed by atoms with Crippen molar-refractivity contribution in [3.05, 3.63) is 39.9 Å². The number of hydrogen-bond donors (Lipinski definition) is 2. The summed E-state index contributed by atoms with van der Waals surface area (Å²) in [5.41, 5.74) is 0.804. The van der Waals surface area contributed by atoms with E-state index in [4.69, 9.17) is 0 Å². The molecule has 0 aliphatic carbocycles. The molecule has 2 rings (SSSR count). The van der Waals surface area contributed by atoms with Crippen molar-refractivity contribution in [2.75, 3.05) is 25.4 Å². The first-order valence-corrected chi connectivity index (χ1v) is 11.2. The molecule has 28 heavy (non-hydrogen) atoms. The van der Waals surface area contributed by atoms with Gasteiger partial charge in [0.25, 0.3) is 5.69 Å². The van der Waals surface area contributed by atoms with Crippen LogP contribution < -0.4 is 10.6 Å². The van der Waals surface area contributed by atoms with Gasteiger partial charge in [-0.25, -0.2) is 17.7 Å². The fraction of sp³-hybridized carbons (Fsp3) is 0.611. The molecule has 0 amide bonds. The van der Waals surface area contributed by atoms with E-state index in [2.05, 4.69) is 15.6 Å². The van der Waals surface area contributed by atoms with Crippen molar-refractivity contribution >= 4 is 21.7 Å². The number of non-ortho nitro benzene ring substituents is 1. The molecule has 0 unspecified atom stereocenters. The highest BCUT2D eigenvalue weighted by Gasteiger charge is 2.27. The van der Waals surface area contributed by atoms with Crippen LogP contribution in [0.3, 0.4) is 0 Å². The number of nitrogens with zero attached hydrogens (tertiary/aromatic N) is 3. The van der Waals surface area contributed by atoms with Gasteiger partial charge < -0.3 is 10.6 Å². The van der Waals surface area contributed by atoms with E-state index in [0.717, 1.165) is 5.56 Å². The van der Waals surface area contributed by atoms with E-state index < -0.39 is 14.9 Å². The Kier molecular flexibility index (Phi) is 8.18. The average Bonchev–Trinajstić information content (AvgIpc) is 2.67. The third-order valence-electron chi connectivity index (χ3n) is 4.54. The molecule has 0 aromatic heterocycles. The Labute approximate surface area is 166 Å². The number of rotatable bonds is 8. The molecule has 1 aliphatic rings. The van der Waals surface area contributed by atoms with E-state index in [1.165, 1.54) is 12.1 Å². The number of aliphatic imine (C=N–C) groups is 1. The van der Waals surface area contributed by atoms with Gasteiger partial charge in [-0.3, -0.25) is 10.1 Å². The van der Waals surface area contributed by atoms with Crippen molar-refractivity contribution in [1.82, 2.24) is 14.9 Å².